The number of anilines is 2. The number of β-amino-alcohol motifs (C(OH)–C–C–N with tert-alkyl or cyclic N) is 1. The molecular formula is C20H17Cl2N7O3. The summed E-state index contributed by atoms with van der Waals surface area (Å²) in [5.74, 6) is -0.186. The number of hydrogen-bond acceptors (Lipinski definition) is 8. The molecule has 1 saturated heterocycles. The van der Waals surface area contributed by atoms with Crippen molar-refractivity contribution in [1.29, 1.82) is 0 Å². The van der Waals surface area contributed by atoms with Gasteiger partial charge in [0, 0.05) is 13.1 Å². The lowest BCUT2D eigenvalue weighted by atomic mass is 10.1. The minimum Gasteiger partial charge on any atom is -0.389 e. The molecule has 0 bridgehead atoms. The molecule has 164 valence electrons. The molecule has 2 aromatic carbocycles. The molecule has 0 saturated carbocycles. The zero-order valence-electron chi connectivity index (χ0n) is 16.4. The molecule has 4 aromatic rings. The first-order valence-electron chi connectivity index (χ1n) is 9.64. The topological polar surface area (TPSA) is 135 Å². The van der Waals surface area contributed by atoms with Gasteiger partial charge in [0.1, 0.15) is 12.7 Å². The minimum atomic E-state index is -0.816. The Labute approximate surface area is 191 Å². The van der Waals surface area contributed by atoms with Crippen LogP contribution in [0.5, 0.6) is 0 Å². The lowest BCUT2D eigenvalue weighted by Gasteiger charge is -2.19. The van der Waals surface area contributed by atoms with Crippen molar-refractivity contribution in [3.8, 4) is 5.69 Å². The first-order chi connectivity index (χ1) is 15.4. The SMILES string of the molecule is Nc1noc2c(N3CC(O)C(NC(=O)c4c(Cl)cc(-n5cnnc5)cc4Cl)C3)cccc12. The van der Waals surface area contributed by atoms with E-state index in [0.29, 0.717) is 35.6 Å². The highest BCUT2D eigenvalue weighted by Crippen LogP contribution is 2.33. The number of nitrogen functional groups attached to an aromatic ring is 1. The van der Waals surface area contributed by atoms with E-state index in [0.717, 1.165) is 5.69 Å². The van der Waals surface area contributed by atoms with Crippen LogP contribution in [0.3, 0.4) is 0 Å². The Morgan fingerprint density at radius 1 is 1.19 bits per heavy atom. The van der Waals surface area contributed by atoms with Crippen LogP contribution >= 0.6 is 23.2 Å². The van der Waals surface area contributed by atoms with Gasteiger partial charge in [0.25, 0.3) is 5.91 Å². The first kappa shape index (κ1) is 20.6. The Hall–Kier alpha value is -3.34. The Kier molecular flexibility index (Phi) is 5.12. The molecule has 1 aliphatic heterocycles. The molecule has 32 heavy (non-hydrogen) atoms. The van der Waals surface area contributed by atoms with Crippen molar-refractivity contribution in [2.75, 3.05) is 23.7 Å². The number of nitrogens with one attached hydrogen (secondary N) is 1. The number of benzene rings is 2. The fourth-order valence-corrected chi connectivity index (χ4v) is 4.49. The van der Waals surface area contributed by atoms with E-state index in [4.69, 9.17) is 33.5 Å². The van der Waals surface area contributed by atoms with E-state index in [1.54, 1.807) is 16.7 Å². The van der Waals surface area contributed by atoms with Crippen molar-refractivity contribution >= 4 is 51.6 Å². The van der Waals surface area contributed by atoms with Crippen LogP contribution in [0.15, 0.2) is 47.5 Å². The van der Waals surface area contributed by atoms with E-state index in [-0.39, 0.29) is 15.6 Å². The third-order valence-electron chi connectivity index (χ3n) is 5.42. The number of amides is 1. The highest BCUT2D eigenvalue weighted by atomic mass is 35.5. The molecule has 0 aliphatic carbocycles. The summed E-state index contributed by atoms with van der Waals surface area (Å²) in [5, 5.41) is 25.7. The maximum atomic E-state index is 13.0. The van der Waals surface area contributed by atoms with E-state index in [2.05, 4.69) is 20.7 Å². The summed E-state index contributed by atoms with van der Waals surface area (Å²) in [7, 11) is 0. The number of aromatic nitrogens is 4. The third kappa shape index (κ3) is 3.52. The highest BCUT2D eigenvalue weighted by molar-refractivity contribution is 6.40. The number of halogens is 2. The van der Waals surface area contributed by atoms with Crippen molar-refractivity contribution in [1.82, 2.24) is 25.2 Å². The van der Waals surface area contributed by atoms with Crippen LogP contribution in [0.2, 0.25) is 10.0 Å². The first-order valence-corrected chi connectivity index (χ1v) is 10.4. The van der Waals surface area contributed by atoms with Gasteiger partial charge in [-0.3, -0.25) is 9.36 Å². The Morgan fingerprint density at radius 2 is 1.91 bits per heavy atom. The van der Waals surface area contributed by atoms with Crippen molar-refractivity contribution in [3.63, 3.8) is 0 Å². The number of aliphatic hydroxyl groups excluding tert-OH is 1. The van der Waals surface area contributed by atoms with Crippen LogP contribution in [0.4, 0.5) is 11.5 Å². The zero-order valence-corrected chi connectivity index (χ0v) is 18.0. The number of hydrogen-bond donors (Lipinski definition) is 3. The van der Waals surface area contributed by atoms with Gasteiger partial charge in [-0.1, -0.05) is 34.4 Å². The number of carbonyl (C=O) groups excluding carboxylic acids is 1. The molecule has 12 heteroatoms. The Bertz CT molecular complexity index is 1290. The third-order valence-corrected chi connectivity index (χ3v) is 6.02. The van der Waals surface area contributed by atoms with Gasteiger partial charge >= 0.3 is 0 Å². The van der Waals surface area contributed by atoms with Gasteiger partial charge in [0.2, 0.25) is 0 Å². The van der Waals surface area contributed by atoms with E-state index < -0.39 is 18.1 Å². The maximum Gasteiger partial charge on any atom is 0.254 e. The van der Waals surface area contributed by atoms with Crippen LogP contribution in [-0.4, -0.2) is 56.2 Å². The molecule has 10 nitrogen and oxygen atoms in total. The Morgan fingerprint density at radius 3 is 2.62 bits per heavy atom. The van der Waals surface area contributed by atoms with Crippen LogP contribution < -0.4 is 16.0 Å². The molecule has 2 unspecified atom stereocenters. The monoisotopic (exact) mass is 473 g/mol. The van der Waals surface area contributed by atoms with E-state index in [1.165, 1.54) is 12.7 Å². The molecule has 0 spiro atoms. The van der Waals surface area contributed by atoms with Crippen molar-refractivity contribution < 1.29 is 14.4 Å². The number of rotatable bonds is 4. The van der Waals surface area contributed by atoms with Gasteiger partial charge in [-0.25, -0.2) is 0 Å². The molecule has 2 atom stereocenters. The van der Waals surface area contributed by atoms with Crippen LogP contribution in [-0.2, 0) is 0 Å². The predicted molar refractivity (Wildman–Crippen MR) is 119 cm³/mol. The number of fused-ring (bicyclic) bond motifs is 1. The lowest BCUT2D eigenvalue weighted by molar-refractivity contribution is 0.0889. The van der Waals surface area contributed by atoms with Gasteiger partial charge in [-0.15, -0.1) is 10.2 Å². The number of carbonyl (C=O) groups is 1. The fraction of sp³-hybridized carbons (Fsp3) is 0.200. The quantitative estimate of drug-likeness (QED) is 0.410. The smallest absolute Gasteiger partial charge is 0.254 e. The molecule has 3 heterocycles. The minimum absolute atomic E-state index is 0.126. The summed E-state index contributed by atoms with van der Waals surface area (Å²) in [6, 6.07) is 8.13. The second kappa shape index (κ2) is 7.97. The zero-order chi connectivity index (χ0) is 22.4. The molecule has 1 amide bonds. The van der Waals surface area contributed by atoms with Gasteiger partial charge in [0.05, 0.1) is 44.5 Å². The number of nitrogens with zero attached hydrogens (tertiary/aromatic N) is 5. The number of para-hydroxylation sites is 1. The van der Waals surface area contributed by atoms with Gasteiger partial charge in [-0.05, 0) is 24.3 Å². The van der Waals surface area contributed by atoms with Gasteiger partial charge in [-0.2, -0.15) is 0 Å². The van der Waals surface area contributed by atoms with E-state index in [9.17, 15) is 9.90 Å². The van der Waals surface area contributed by atoms with Gasteiger partial charge in [0.15, 0.2) is 11.4 Å². The fourth-order valence-electron chi connectivity index (χ4n) is 3.84. The average molecular weight is 474 g/mol. The van der Waals surface area contributed by atoms with Crippen LogP contribution in [0.25, 0.3) is 16.7 Å². The molecule has 1 aliphatic rings. The Balaban J connectivity index is 1.36. The maximum absolute atomic E-state index is 13.0. The number of aliphatic hydroxyl groups is 1. The summed E-state index contributed by atoms with van der Waals surface area (Å²) in [6.07, 6.45) is 2.17. The summed E-state index contributed by atoms with van der Waals surface area (Å²) in [5.41, 5.74) is 7.84. The van der Waals surface area contributed by atoms with E-state index in [1.807, 2.05) is 23.1 Å². The second-order valence-corrected chi connectivity index (χ2v) is 8.24. The largest absolute Gasteiger partial charge is 0.389 e. The van der Waals surface area contributed by atoms with Crippen molar-refractivity contribution in [3.05, 3.63) is 58.6 Å². The van der Waals surface area contributed by atoms with Crippen LogP contribution in [0, 0.1) is 0 Å². The molecule has 4 N–H and O–H groups in total. The molecule has 5 rings (SSSR count). The summed E-state index contributed by atoms with van der Waals surface area (Å²) >= 11 is 12.7. The summed E-state index contributed by atoms with van der Waals surface area (Å²) in [4.78, 5) is 14.9. The number of nitrogens with two attached hydrogens (primary N) is 1. The normalized spacial score (nSPS) is 18.4. The molecule has 2 aromatic heterocycles. The highest BCUT2D eigenvalue weighted by Gasteiger charge is 2.35. The summed E-state index contributed by atoms with van der Waals surface area (Å²) < 4.78 is 6.97. The van der Waals surface area contributed by atoms with Crippen molar-refractivity contribution in [2.24, 2.45) is 0 Å². The standard InChI is InChI=1S/C20H17Cl2N7O3/c21-12-4-10(29-8-24-25-9-29)5-13(22)17(12)20(31)26-14-6-28(7-16(14)30)15-3-1-2-11-18(15)32-27-19(11)23/h1-5,8-9,14,16,30H,6-7H2,(H2,23,27)(H,26,31). The van der Waals surface area contributed by atoms with Gasteiger partial charge < -0.3 is 25.6 Å². The lowest BCUT2D eigenvalue weighted by Crippen LogP contribution is -2.43. The molecular weight excluding hydrogens is 457 g/mol. The summed E-state index contributed by atoms with van der Waals surface area (Å²) in [6.45, 7) is 0.638. The van der Waals surface area contributed by atoms with Crippen LogP contribution in [0.1, 0.15) is 10.4 Å². The second-order valence-electron chi connectivity index (χ2n) is 7.43. The molecule has 1 fully saturated rings. The average Bonchev–Trinajstić information content (AvgIpc) is 3.49. The predicted octanol–water partition coefficient (Wildman–Crippen LogP) is 2.28. The van der Waals surface area contributed by atoms with Crippen molar-refractivity contribution in [2.45, 2.75) is 12.1 Å². The van der Waals surface area contributed by atoms with E-state index >= 15 is 0 Å². The molecule has 0 radical (unpaired) electrons.